The Bertz CT molecular complexity index is 705. The topological polar surface area (TPSA) is 46.8 Å². The Balaban J connectivity index is 1.64. The molecule has 1 aliphatic carbocycles. The maximum absolute atomic E-state index is 4.83. The number of fused-ring (bicyclic) bond motifs is 1. The number of aryl methyl sites for hydroxylation is 3. The first kappa shape index (κ1) is 14.7. The molecule has 0 N–H and O–H groups in total. The van der Waals surface area contributed by atoms with Crippen molar-refractivity contribution in [3.63, 3.8) is 0 Å². The average molecular weight is 311 g/mol. The van der Waals surface area contributed by atoms with Crippen molar-refractivity contribution in [3.8, 4) is 0 Å². The third kappa shape index (κ3) is 2.84. The normalized spacial score (nSPS) is 21.3. The zero-order chi connectivity index (χ0) is 15.8. The van der Waals surface area contributed by atoms with Crippen LogP contribution in [0.1, 0.15) is 54.4 Å². The van der Waals surface area contributed by atoms with Crippen molar-refractivity contribution in [2.45, 2.75) is 58.4 Å². The molecule has 0 spiro atoms. The minimum atomic E-state index is 0.451. The summed E-state index contributed by atoms with van der Waals surface area (Å²) in [5.74, 6) is 2.11. The predicted molar refractivity (Wildman–Crippen MR) is 90.9 cm³/mol. The molecule has 0 amide bonds. The summed E-state index contributed by atoms with van der Waals surface area (Å²) >= 11 is 0. The van der Waals surface area contributed by atoms with Gasteiger partial charge in [-0.2, -0.15) is 5.10 Å². The van der Waals surface area contributed by atoms with Crippen LogP contribution in [0.15, 0.2) is 12.4 Å². The second kappa shape index (κ2) is 5.95. The molecule has 0 saturated carbocycles. The van der Waals surface area contributed by atoms with E-state index in [0.717, 1.165) is 31.8 Å². The van der Waals surface area contributed by atoms with Gasteiger partial charge in [-0.15, -0.1) is 0 Å². The van der Waals surface area contributed by atoms with Crippen LogP contribution in [0.4, 0.5) is 5.82 Å². The van der Waals surface area contributed by atoms with Crippen molar-refractivity contribution < 1.29 is 0 Å². The van der Waals surface area contributed by atoms with Gasteiger partial charge in [-0.25, -0.2) is 9.97 Å². The average Bonchev–Trinajstić information content (AvgIpc) is 3.01. The van der Waals surface area contributed by atoms with E-state index in [1.54, 1.807) is 0 Å². The van der Waals surface area contributed by atoms with Gasteiger partial charge in [0.1, 0.15) is 11.6 Å². The van der Waals surface area contributed by atoms with Crippen LogP contribution in [0.2, 0.25) is 0 Å². The van der Waals surface area contributed by atoms with E-state index in [-0.39, 0.29) is 0 Å². The van der Waals surface area contributed by atoms with Crippen molar-refractivity contribution in [2.75, 3.05) is 18.0 Å². The summed E-state index contributed by atoms with van der Waals surface area (Å²) in [6.07, 6.45) is 11.3. The maximum atomic E-state index is 4.83. The highest BCUT2D eigenvalue weighted by atomic mass is 15.3. The van der Waals surface area contributed by atoms with E-state index < -0.39 is 0 Å². The van der Waals surface area contributed by atoms with Gasteiger partial charge in [0.05, 0.1) is 12.2 Å². The van der Waals surface area contributed by atoms with Gasteiger partial charge in [-0.3, -0.25) is 4.68 Å². The summed E-state index contributed by atoms with van der Waals surface area (Å²) in [7, 11) is 0. The molecule has 2 aliphatic rings. The third-order valence-electron chi connectivity index (χ3n) is 5.07. The summed E-state index contributed by atoms with van der Waals surface area (Å²) in [6.45, 7) is 6.23. The summed E-state index contributed by atoms with van der Waals surface area (Å²) in [4.78, 5) is 12.0. The smallest absolute Gasteiger partial charge is 0.135 e. The lowest BCUT2D eigenvalue weighted by atomic mass is 9.95. The molecule has 1 unspecified atom stereocenters. The van der Waals surface area contributed by atoms with Crippen LogP contribution < -0.4 is 4.90 Å². The molecule has 1 fully saturated rings. The van der Waals surface area contributed by atoms with E-state index in [9.17, 15) is 0 Å². The van der Waals surface area contributed by atoms with Gasteiger partial charge >= 0.3 is 0 Å². The molecule has 5 heteroatoms. The Labute approximate surface area is 137 Å². The Morgan fingerprint density at radius 3 is 2.78 bits per heavy atom. The lowest BCUT2D eigenvalue weighted by Crippen LogP contribution is -2.38. The SMILES string of the molecule is Cc1cnn(C2CCCN(c3nc(C)nc4c3CCCC4)C2)c1. The van der Waals surface area contributed by atoms with Crippen molar-refractivity contribution in [3.05, 3.63) is 35.0 Å². The molecule has 2 aromatic heterocycles. The molecule has 3 heterocycles. The van der Waals surface area contributed by atoms with E-state index in [2.05, 4.69) is 27.8 Å². The Morgan fingerprint density at radius 2 is 1.96 bits per heavy atom. The van der Waals surface area contributed by atoms with Crippen molar-refractivity contribution >= 4 is 5.82 Å². The Kier molecular flexibility index (Phi) is 3.79. The highest BCUT2D eigenvalue weighted by molar-refractivity contribution is 5.50. The number of hydrogen-bond donors (Lipinski definition) is 0. The quantitative estimate of drug-likeness (QED) is 0.855. The van der Waals surface area contributed by atoms with Gasteiger partial charge in [-0.05, 0) is 57.9 Å². The first-order valence-electron chi connectivity index (χ1n) is 8.83. The monoisotopic (exact) mass is 311 g/mol. The molecule has 5 nitrogen and oxygen atoms in total. The van der Waals surface area contributed by atoms with E-state index in [1.807, 2.05) is 13.1 Å². The van der Waals surface area contributed by atoms with E-state index in [0.29, 0.717) is 6.04 Å². The predicted octanol–water partition coefficient (Wildman–Crippen LogP) is 3.01. The Hall–Kier alpha value is -1.91. The molecule has 122 valence electrons. The highest BCUT2D eigenvalue weighted by Gasteiger charge is 2.26. The van der Waals surface area contributed by atoms with E-state index in [1.165, 1.54) is 48.3 Å². The van der Waals surface area contributed by atoms with Gasteiger partial charge in [-0.1, -0.05) is 0 Å². The Morgan fingerprint density at radius 1 is 1.09 bits per heavy atom. The van der Waals surface area contributed by atoms with Gasteiger partial charge in [0.2, 0.25) is 0 Å². The highest BCUT2D eigenvalue weighted by Crippen LogP contribution is 2.31. The third-order valence-corrected chi connectivity index (χ3v) is 5.07. The lowest BCUT2D eigenvalue weighted by molar-refractivity contribution is 0.373. The molecule has 4 rings (SSSR count). The molecule has 0 bridgehead atoms. The summed E-state index contributed by atoms with van der Waals surface area (Å²) < 4.78 is 2.14. The fourth-order valence-electron chi connectivity index (χ4n) is 3.95. The number of piperidine rings is 1. The van der Waals surface area contributed by atoms with Gasteiger partial charge in [0, 0.05) is 30.5 Å². The van der Waals surface area contributed by atoms with Crippen molar-refractivity contribution in [1.29, 1.82) is 0 Å². The molecule has 1 atom stereocenters. The van der Waals surface area contributed by atoms with Crippen LogP contribution in [0.5, 0.6) is 0 Å². The molecule has 0 radical (unpaired) electrons. The van der Waals surface area contributed by atoms with Crippen molar-refractivity contribution in [1.82, 2.24) is 19.7 Å². The molecule has 1 aliphatic heterocycles. The van der Waals surface area contributed by atoms with E-state index >= 15 is 0 Å². The fraction of sp³-hybridized carbons (Fsp3) is 0.611. The molecule has 0 aromatic carbocycles. The number of anilines is 1. The fourth-order valence-corrected chi connectivity index (χ4v) is 3.95. The van der Waals surface area contributed by atoms with Crippen LogP contribution in [-0.2, 0) is 12.8 Å². The minimum absolute atomic E-state index is 0.451. The standard InChI is InChI=1S/C18H25N5/c1-13-10-19-23(11-13)15-6-5-9-22(12-15)18-16-7-3-4-8-17(16)20-14(2)21-18/h10-11,15H,3-9,12H2,1-2H3. The van der Waals surface area contributed by atoms with Crippen LogP contribution in [0, 0.1) is 13.8 Å². The second-order valence-corrected chi connectivity index (χ2v) is 6.97. The summed E-state index contributed by atoms with van der Waals surface area (Å²) in [6, 6.07) is 0.451. The van der Waals surface area contributed by atoms with E-state index in [4.69, 9.17) is 9.97 Å². The first-order chi connectivity index (χ1) is 11.2. The van der Waals surface area contributed by atoms with Crippen LogP contribution >= 0.6 is 0 Å². The second-order valence-electron chi connectivity index (χ2n) is 6.97. The number of rotatable bonds is 2. The number of hydrogen-bond acceptors (Lipinski definition) is 4. The largest absolute Gasteiger partial charge is 0.354 e. The van der Waals surface area contributed by atoms with Gasteiger partial charge in [0.15, 0.2) is 0 Å². The lowest BCUT2D eigenvalue weighted by Gasteiger charge is -2.35. The number of aromatic nitrogens is 4. The summed E-state index contributed by atoms with van der Waals surface area (Å²) in [5.41, 5.74) is 3.92. The molecular formula is C18H25N5. The van der Waals surface area contributed by atoms with Crippen LogP contribution in [0.3, 0.4) is 0 Å². The van der Waals surface area contributed by atoms with Gasteiger partial charge in [0.25, 0.3) is 0 Å². The molecular weight excluding hydrogens is 286 g/mol. The molecule has 1 saturated heterocycles. The number of nitrogens with zero attached hydrogens (tertiary/aromatic N) is 5. The van der Waals surface area contributed by atoms with Gasteiger partial charge < -0.3 is 4.90 Å². The van der Waals surface area contributed by atoms with Crippen LogP contribution in [0.25, 0.3) is 0 Å². The molecule has 23 heavy (non-hydrogen) atoms. The first-order valence-corrected chi connectivity index (χ1v) is 8.83. The zero-order valence-corrected chi connectivity index (χ0v) is 14.1. The molecule has 2 aromatic rings. The summed E-state index contributed by atoms with van der Waals surface area (Å²) in [5, 5.41) is 4.53. The van der Waals surface area contributed by atoms with Crippen LogP contribution in [-0.4, -0.2) is 32.8 Å². The minimum Gasteiger partial charge on any atom is -0.354 e. The van der Waals surface area contributed by atoms with Crippen molar-refractivity contribution in [2.24, 2.45) is 0 Å². The zero-order valence-electron chi connectivity index (χ0n) is 14.1. The maximum Gasteiger partial charge on any atom is 0.135 e.